The Bertz CT molecular complexity index is 1440. The maximum absolute atomic E-state index is 13.5. The predicted octanol–water partition coefficient (Wildman–Crippen LogP) is 4.78. The smallest absolute Gasteiger partial charge is 0.300 e. The number of H-pyrrole nitrogens is 1. The standard InChI is InChI=1S/C29H35N7O2/c1-5-8-26(27-23(18(2)3)15-24(27)19(4)37)36-14-13-35(29(36)38)17-20-11-12-25(30-16-20)21-9-6-7-10-22(21)28-31-33-34-32-28/h6-7,9-14,16,18,23-24,26-27H,5,8,15,17H2,1-4H3,(H,31,32,33,34). The number of benzene rings is 1. The number of nitrogens with zero attached hydrogens (tertiary/aromatic N) is 6. The van der Waals surface area contributed by atoms with Gasteiger partial charge >= 0.3 is 5.69 Å². The van der Waals surface area contributed by atoms with Crippen molar-refractivity contribution in [1.82, 2.24) is 34.7 Å². The summed E-state index contributed by atoms with van der Waals surface area (Å²) in [5.74, 6) is 1.96. The molecule has 3 heterocycles. The van der Waals surface area contributed by atoms with E-state index in [2.05, 4.69) is 46.4 Å². The summed E-state index contributed by atoms with van der Waals surface area (Å²) in [7, 11) is 0. The highest BCUT2D eigenvalue weighted by atomic mass is 16.2. The summed E-state index contributed by atoms with van der Waals surface area (Å²) in [6, 6.07) is 11.8. The first-order chi connectivity index (χ1) is 18.4. The number of hydrogen-bond donors (Lipinski definition) is 1. The number of ketones is 1. The molecule has 38 heavy (non-hydrogen) atoms. The van der Waals surface area contributed by atoms with Crippen LogP contribution in [-0.4, -0.2) is 40.5 Å². The third-order valence-electron chi connectivity index (χ3n) is 8.09. The van der Waals surface area contributed by atoms with Gasteiger partial charge in [0.2, 0.25) is 5.82 Å². The Morgan fingerprint density at radius 1 is 1.13 bits per heavy atom. The molecule has 1 aromatic carbocycles. The molecule has 5 rings (SSSR count). The second kappa shape index (κ2) is 10.8. The zero-order valence-corrected chi connectivity index (χ0v) is 22.4. The molecule has 1 N–H and O–H groups in total. The minimum absolute atomic E-state index is 0.0333. The van der Waals surface area contributed by atoms with E-state index in [1.165, 1.54) is 0 Å². The molecule has 4 aromatic rings. The lowest BCUT2D eigenvalue weighted by molar-refractivity contribution is -0.133. The number of hydrogen-bond acceptors (Lipinski definition) is 6. The van der Waals surface area contributed by atoms with Crippen LogP contribution in [0.5, 0.6) is 0 Å². The van der Waals surface area contributed by atoms with Crippen molar-refractivity contribution < 1.29 is 4.79 Å². The molecule has 0 saturated heterocycles. The van der Waals surface area contributed by atoms with Crippen molar-refractivity contribution in [2.45, 2.75) is 59.5 Å². The molecule has 1 fully saturated rings. The Kier molecular flexibility index (Phi) is 7.35. The number of Topliss-reactive ketones (excluding diaryl/α,β-unsaturated/α-hetero) is 1. The van der Waals surface area contributed by atoms with Gasteiger partial charge in [0.15, 0.2) is 0 Å². The molecule has 1 saturated carbocycles. The Balaban J connectivity index is 1.38. The summed E-state index contributed by atoms with van der Waals surface area (Å²) in [6.45, 7) is 8.72. The lowest BCUT2D eigenvalue weighted by atomic mass is 9.56. The average Bonchev–Trinajstić information content (AvgIpc) is 3.54. The first-order valence-electron chi connectivity index (χ1n) is 13.4. The summed E-state index contributed by atoms with van der Waals surface area (Å²) in [5.41, 5.74) is 3.44. The van der Waals surface area contributed by atoms with Gasteiger partial charge in [-0.3, -0.25) is 18.9 Å². The van der Waals surface area contributed by atoms with E-state index in [-0.39, 0.29) is 29.4 Å². The largest absolute Gasteiger partial charge is 0.328 e. The van der Waals surface area contributed by atoms with Crippen LogP contribution < -0.4 is 5.69 Å². The maximum atomic E-state index is 13.5. The zero-order chi connectivity index (χ0) is 26.8. The molecule has 4 unspecified atom stereocenters. The molecule has 198 valence electrons. The Labute approximate surface area is 222 Å². The van der Waals surface area contributed by atoms with Gasteiger partial charge < -0.3 is 0 Å². The topological polar surface area (TPSA) is 111 Å². The van der Waals surface area contributed by atoms with Crippen LogP contribution >= 0.6 is 0 Å². The third-order valence-corrected chi connectivity index (χ3v) is 8.09. The first-order valence-corrected chi connectivity index (χ1v) is 13.4. The fraction of sp³-hybridized carbons (Fsp3) is 0.448. The number of aromatic amines is 1. The molecule has 0 radical (unpaired) electrons. The van der Waals surface area contributed by atoms with Gasteiger partial charge in [-0.05, 0) is 54.4 Å². The molecule has 9 nitrogen and oxygen atoms in total. The normalized spacial score (nSPS) is 19.9. The zero-order valence-electron chi connectivity index (χ0n) is 22.4. The van der Waals surface area contributed by atoms with Gasteiger partial charge in [-0.1, -0.05) is 57.5 Å². The summed E-state index contributed by atoms with van der Waals surface area (Å²) in [5, 5.41) is 14.4. The third kappa shape index (κ3) is 4.85. The van der Waals surface area contributed by atoms with Gasteiger partial charge in [0.05, 0.1) is 12.2 Å². The van der Waals surface area contributed by atoms with Crippen LogP contribution in [0.25, 0.3) is 22.6 Å². The lowest BCUT2D eigenvalue weighted by Crippen LogP contribution is -2.49. The molecule has 1 aliphatic carbocycles. The highest BCUT2D eigenvalue weighted by Gasteiger charge is 2.49. The van der Waals surface area contributed by atoms with E-state index >= 15 is 0 Å². The Hall–Kier alpha value is -3.88. The molecule has 0 amide bonds. The van der Waals surface area contributed by atoms with Crippen molar-refractivity contribution in [1.29, 1.82) is 0 Å². The van der Waals surface area contributed by atoms with Crippen molar-refractivity contribution in [3.05, 3.63) is 71.0 Å². The van der Waals surface area contributed by atoms with Crippen molar-refractivity contribution >= 4 is 5.78 Å². The van der Waals surface area contributed by atoms with E-state index in [1.54, 1.807) is 11.5 Å². The van der Waals surface area contributed by atoms with Crippen LogP contribution in [0, 0.1) is 23.7 Å². The SMILES string of the molecule is CCCC(C1C(C(C)=O)CC1C(C)C)n1ccn(Cc2ccc(-c3ccccc3-c3nn[nH]n3)nc2)c1=O. The van der Waals surface area contributed by atoms with Crippen LogP contribution in [-0.2, 0) is 11.3 Å². The lowest BCUT2D eigenvalue weighted by Gasteiger charge is -2.50. The quantitative estimate of drug-likeness (QED) is 0.327. The molecule has 1 aliphatic rings. The molecular weight excluding hydrogens is 478 g/mol. The number of pyridine rings is 1. The molecule has 4 atom stereocenters. The van der Waals surface area contributed by atoms with Gasteiger partial charge in [0, 0.05) is 41.7 Å². The number of tetrazole rings is 1. The second-order valence-corrected chi connectivity index (χ2v) is 10.7. The number of nitrogens with one attached hydrogen (secondary N) is 1. The summed E-state index contributed by atoms with van der Waals surface area (Å²) < 4.78 is 3.61. The monoisotopic (exact) mass is 513 g/mol. The summed E-state index contributed by atoms with van der Waals surface area (Å²) in [4.78, 5) is 30.6. The number of aromatic nitrogens is 7. The van der Waals surface area contributed by atoms with Crippen molar-refractivity contribution in [3.8, 4) is 22.6 Å². The average molecular weight is 514 g/mol. The highest BCUT2D eigenvalue weighted by molar-refractivity contribution is 5.80. The van der Waals surface area contributed by atoms with Gasteiger partial charge in [0.1, 0.15) is 5.78 Å². The van der Waals surface area contributed by atoms with Crippen LogP contribution in [0.4, 0.5) is 0 Å². The second-order valence-electron chi connectivity index (χ2n) is 10.7. The van der Waals surface area contributed by atoms with Gasteiger partial charge in [-0.15, -0.1) is 10.2 Å². The number of carbonyl (C=O) groups is 1. The fourth-order valence-electron chi connectivity index (χ4n) is 6.08. The number of carbonyl (C=O) groups excluding carboxylic acids is 1. The minimum Gasteiger partial charge on any atom is -0.300 e. The van der Waals surface area contributed by atoms with Crippen molar-refractivity contribution in [2.75, 3.05) is 0 Å². The van der Waals surface area contributed by atoms with E-state index in [0.717, 1.165) is 41.6 Å². The maximum Gasteiger partial charge on any atom is 0.328 e. The molecule has 0 bridgehead atoms. The molecule has 3 aromatic heterocycles. The Morgan fingerprint density at radius 3 is 2.55 bits per heavy atom. The predicted molar refractivity (Wildman–Crippen MR) is 145 cm³/mol. The van der Waals surface area contributed by atoms with Crippen LogP contribution in [0.15, 0.2) is 59.8 Å². The van der Waals surface area contributed by atoms with E-state index in [9.17, 15) is 9.59 Å². The summed E-state index contributed by atoms with van der Waals surface area (Å²) in [6.07, 6.45) is 8.35. The van der Waals surface area contributed by atoms with Crippen LogP contribution in [0.2, 0.25) is 0 Å². The molecule has 9 heteroatoms. The minimum atomic E-state index is -0.0355. The Morgan fingerprint density at radius 2 is 1.92 bits per heavy atom. The van der Waals surface area contributed by atoms with E-state index in [1.807, 2.05) is 59.6 Å². The molecule has 0 spiro atoms. The van der Waals surface area contributed by atoms with Gasteiger partial charge in [0.25, 0.3) is 0 Å². The highest BCUT2D eigenvalue weighted by Crippen LogP contribution is 2.51. The van der Waals surface area contributed by atoms with Crippen molar-refractivity contribution in [2.24, 2.45) is 23.7 Å². The van der Waals surface area contributed by atoms with Gasteiger partial charge in [-0.2, -0.15) is 5.21 Å². The molecular formula is C29H35N7O2. The van der Waals surface area contributed by atoms with E-state index < -0.39 is 0 Å². The van der Waals surface area contributed by atoms with Gasteiger partial charge in [-0.25, -0.2) is 4.79 Å². The van der Waals surface area contributed by atoms with E-state index in [4.69, 9.17) is 0 Å². The fourth-order valence-corrected chi connectivity index (χ4v) is 6.08. The number of imidazole rings is 1. The first kappa shape index (κ1) is 25.8. The molecule has 0 aliphatic heterocycles. The van der Waals surface area contributed by atoms with Crippen LogP contribution in [0.3, 0.4) is 0 Å². The van der Waals surface area contributed by atoms with Crippen LogP contribution in [0.1, 0.15) is 58.6 Å². The summed E-state index contributed by atoms with van der Waals surface area (Å²) >= 11 is 0. The van der Waals surface area contributed by atoms with Crippen molar-refractivity contribution in [3.63, 3.8) is 0 Å². The van der Waals surface area contributed by atoms with E-state index in [0.29, 0.717) is 24.2 Å². The number of rotatable bonds is 10.